The summed E-state index contributed by atoms with van der Waals surface area (Å²) in [5.74, 6) is -0.244. The number of fused-ring (bicyclic) bond motifs is 3. The molecule has 0 fully saturated rings. The summed E-state index contributed by atoms with van der Waals surface area (Å²) < 4.78 is 5.05. The van der Waals surface area contributed by atoms with Crippen molar-refractivity contribution in [2.24, 2.45) is 0 Å². The van der Waals surface area contributed by atoms with Crippen LogP contribution in [0, 0.1) is 0 Å². The van der Waals surface area contributed by atoms with Gasteiger partial charge in [-0.25, -0.2) is 4.79 Å². The van der Waals surface area contributed by atoms with E-state index in [1.54, 1.807) is 0 Å². The fraction of sp³-hybridized carbons (Fsp3) is 0.250. The second-order valence-electron chi connectivity index (χ2n) is 6.21. The van der Waals surface area contributed by atoms with Crippen LogP contribution in [0.3, 0.4) is 0 Å². The van der Waals surface area contributed by atoms with E-state index in [9.17, 15) is 4.79 Å². The molecule has 0 spiro atoms. The molecule has 3 nitrogen and oxygen atoms in total. The van der Waals surface area contributed by atoms with Crippen molar-refractivity contribution in [1.82, 2.24) is 4.90 Å². The lowest BCUT2D eigenvalue weighted by atomic mass is 9.86. The van der Waals surface area contributed by atoms with Gasteiger partial charge in [-0.2, -0.15) is 0 Å². The number of carbonyl (C=O) groups excluding carboxylic acids is 1. The predicted molar refractivity (Wildman–Crippen MR) is 94.8 cm³/mol. The minimum absolute atomic E-state index is 0.102. The predicted octanol–water partition coefficient (Wildman–Crippen LogP) is 3.88. The molecule has 0 bridgehead atoms. The van der Waals surface area contributed by atoms with Crippen molar-refractivity contribution in [2.75, 3.05) is 20.2 Å². The topological polar surface area (TPSA) is 29.5 Å². The molecular weight excluding hydrogens is 322 g/mol. The molecule has 2 aliphatic rings. The summed E-state index contributed by atoms with van der Waals surface area (Å²) in [7, 11) is 1.44. The van der Waals surface area contributed by atoms with Crippen LogP contribution in [0.5, 0.6) is 0 Å². The Morgan fingerprint density at radius 1 is 1.17 bits per heavy atom. The van der Waals surface area contributed by atoms with E-state index in [4.69, 9.17) is 16.3 Å². The summed E-state index contributed by atoms with van der Waals surface area (Å²) in [5, 5.41) is 0.692. The summed E-state index contributed by atoms with van der Waals surface area (Å²) in [6.07, 6.45) is 1.01. The number of rotatable bonds is 2. The lowest BCUT2D eigenvalue weighted by molar-refractivity contribution is -0.136. The molecular formula is C20H18ClNO2. The Balaban J connectivity index is 1.90. The molecule has 0 N–H and O–H groups in total. The Hall–Kier alpha value is -2.10. The van der Waals surface area contributed by atoms with Crippen molar-refractivity contribution < 1.29 is 9.53 Å². The summed E-state index contributed by atoms with van der Waals surface area (Å²) in [4.78, 5) is 14.7. The van der Waals surface area contributed by atoms with E-state index in [1.807, 2.05) is 24.3 Å². The molecule has 0 aliphatic carbocycles. The molecule has 0 amide bonds. The van der Waals surface area contributed by atoms with Gasteiger partial charge in [-0.15, -0.1) is 0 Å². The molecule has 2 aromatic carbocycles. The van der Waals surface area contributed by atoms with E-state index in [1.165, 1.54) is 18.2 Å². The van der Waals surface area contributed by atoms with Gasteiger partial charge in [-0.1, -0.05) is 48.0 Å². The summed E-state index contributed by atoms with van der Waals surface area (Å²) >= 11 is 6.04. The number of hydrogen-bond donors (Lipinski definition) is 0. The quantitative estimate of drug-likeness (QED) is 0.778. The minimum atomic E-state index is -0.244. The zero-order valence-electron chi connectivity index (χ0n) is 13.5. The number of methoxy groups -OCH3 is 1. The van der Waals surface area contributed by atoms with Crippen molar-refractivity contribution in [3.05, 3.63) is 75.8 Å². The maximum absolute atomic E-state index is 12.4. The standard InChI is InChI=1S/C20H18ClNO2/c1-24-20(23)17-12-22-11-10-13-4-2-3-5-16(13)19(22)18(17)14-6-8-15(21)9-7-14/h2-9,19H,10-12H2,1H3. The van der Waals surface area contributed by atoms with Gasteiger partial charge in [-0.3, -0.25) is 4.90 Å². The van der Waals surface area contributed by atoms with Crippen LogP contribution in [-0.2, 0) is 16.0 Å². The zero-order valence-corrected chi connectivity index (χ0v) is 14.2. The molecule has 4 heteroatoms. The van der Waals surface area contributed by atoms with E-state index in [2.05, 4.69) is 29.2 Å². The summed E-state index contributed by atoms with van der Waals surface area (Å²) in [6, 6.07) is 16.3. The van der Waals surface area contributed by atoms with Gasteiger partial charge in [0.05, 0.1) is 18.7 Å². The van der Waals surface area contributed by atoms with Crippen molar-refractivity contribution in [1.29, 1.82) is 0 Å². The third-order valence-electron chi connectivity index (χ3n) is 4.93. The van der Waals surface area contributed by atoms with Crippen LogP contribution in [0.2, 0.25) is 5.02 Å². The Labute approximate surface area is 146 Å². The van der Waals surface area contributed by atoms with Gasteiger partial charge in [-0.05, 0) is 40.8 Å². The summed E-state index contributed by atoms with van der Waals surface area (Å²) in [6.45, 7) is 1.57. The smallest absolute Gasteiger partial charge is 0.335 e. The van der Waals surface area contributed by atoms with E-state index in [-0.39, 0.29) is 12.0 Å². The average molecular weight is 340 g/mol. The number of halogens is 1. The molecule has 4 rings (SSSR count). The minimum Gasteiger partial charge on any atom is -0.466 e. The first-order valence-corrected chi connectivity index (χ1v) is 8.46. The fourth-order valence-electron chi connectivity index (χ4n) is 3.84. The number of ether oxygens (including phenoxy) is 1. The van der Waals surface area contributed by atoms with Gasteiger partial charge in [0.25, 0.3) is 0 Å². The first-order valence-electron chi connectivity index (χ1n) is 8.08. The van der Waals surface area contributed by atoms with Gasteiger partial charge in [0.2, 0.25) is 0 Å². The van der Waals surface area contributed by atoms with Crippen LogP contribution >= 0.6 is 11.6 Å². The number of hydrogen-bond acceptors (Lipinski definition) is 3. The van der Waals surface area contributed by atoms with E-state index in [0.29, 0.717) is 11.6 Å². The molecule has 122 valence electrons. The van der Waals surface area contributed by atoms with Crippen molar-refractivity contribution in [3.8, 4) is 0 Å². The van der Waals surface area contributed by atoms with Crippen molar-refractivity contribution >= 4 is 23.1 Å². The molecule has 0 radical (unpaired) electrons. The van der Waals surface area contributed by atoms with Crippen LogP contribution in [0.4, 0.5) is 0 Å². The molecule has 0 saturated carbocycles. The van der Waals surface area contributed by atoms with Crippen LogP contribution in [-0.4, -0.2) is 31.1 Å². The average Bonchev–Trinajstić information content (AvgIpc) is 3.02. The molecule has 1 atom stereocenters. The Morgan fingerprint density at radius 3 is 2.67 bits per heavy atom. The lowest BCUT2D eigenvalue weighted by Crippen LogP contribution is -2.33. The van der Waals surface area contributed by atoms with Crippen LogP contribution in [0.25, 0.3) is 5.57 Å². The van der Waals surface area contributed by atoms with Crippen molar-refractivity contribution in [2.45, 2.75) is 12.5 Å². The number of carbonyl (C=O) groups is 1. The van der Waals surface area contributed by atoms with Crippen LogP contribution in [0.1, 0.15) is 22.7 Å². The van der Waals surface area contributed by atoms with Gasteiger partial charge < -0.3 is 4.74 Å². The molecule has 2 heterocycles. The third-order valence-corrected chi connectivity index (χ3v) is 5.18. The normalized spacial score (nSPS) is 19.8. The van der Waals surface area contributed by atoms with Gasteiger partial charge in [0.15, 0.2) is 0 Å². The number of nitrogens with zero attached hydrogens (tertiary/aromatic N) is 1. The maximum atomic E-state index is 12.4. The highest BCUT2D eigenvalue weighted by molar-refractivity contribution is 6.30. The molecule has 2 aromatic rings. The first kappa shape index (κ1) is 15.4. The zero-order chi connectivity index (χ0) is 16.7. The first-order chi connectivity index (χ1) is 11.7. The highest BCUT2D eigenvalue weighted by Crippen LogP contribution is 2.46. The molecule has 0 aromatic heterocycles. The van der Waals surface area contributed by atoms with Crippen LogP contribution < -0.4 is 0 Å². The molecule has 24 heavy (non-hydrogen) atoms. The highest BCUT2D eigenvalue weighted by Gasteiger charge is 2.40. The second kappa shape index (κ2) is 6.08. The van der Waals surface area contributed by atoms with E-state index >= 15 is 0 Å². The van der Waals surface area contributed by atoms with E-state index in [0.717, 1.165) is 29.7 Å². The molecule has 0 saturated heterocycles. The lowest BCUT2D eigenvalue weighted by Gasteiger charge is -2.33. The van der Waals surface area contributed by atoms with Crippen molar-refractivity contribution in [3.63, 3.8) is 0 Å². The molecule has 1 unspecified atom stereocenters. The Morgan fingerprint density at radius 2 is 1.92 bits per heavy atom. The van der Waals surface area contributed by atoms with E-state index < -0.39 is 0 Å². The second-order valence-corrected chi connectivity index (χ2v) is 6.65. The Bertz CT molecular complexity index is 826. The number of esters is 1. The van der Waals surface area contributed by atoms with Gasteiger partial charge >= 0.3 is 5.97 Å². The SMILES string of the molecule is COC(=O)C1=C(c2ccc(Cl)cc2)C2c3ccccc3CCN2C1. The largest absolute Gasteiger partial charge is 0.466 e. The molecule has 2 aliphatic heterocycles. The summed E-state index contributed by atoms with van der Waals surface area (Å²) in [5.41, 5.74) is 5.47. The Kier molecular flexibility index (Phi) is 3.91. The van der Waals surface area contributed by atoms with Gasteiger partial charge in [0, 0.05) is 18.1 Å². The monoisotopic (exact) mass is 339 g/mol. The highest BCUT2D eigenvalue weighted by atomic mass is 35.5. The third kappa shape index (κ3) is 2.45. The van der Waals surface area contributed by atoms with Gasteiger partial charge in [0.1, 0.15) is 0 Å². The fourth-order valence-corrected chi connectivity index (χ4v) is 3.97. The van der Waals surface area contributed by atoms with Crippen LogP contribution in [0.15, 0.2) is 54.1 Å². The maximum Gasteiger partial charge on any atom is 0.335 e. The number of benzene rings is 2.